The van der Waals surface area contributed by atoms with Gasteiger partial charge >= 0.3 is 0 Å². The van der Waals surface area contributed by atoms with Crippen molar-refractivity contribution >= 4 is 21.5 Å². The lowest BCUT2D eigenvalue weighted by Crippen LogP contribution is -2.42. The van der Waals surface area contributed by atoms with Crippen molar-refractivity contribution in [1.29, 1.82) is 5.26 Å². The second-order valence-electron chi connectivity index (χ2n) is 15.3. The van der Waals surface area contributed by atoms with Crippen LogP contribution in [-0.2, 0) is 5.41 Å². The van der Waals surface area contributed by atoms with Gasteiger partial charge in [0.15, 0.2) is 17.5 Å². The first-order valence-corrected chi connectivity index (χ1v) is 18.3. The molecule has 0 radical (unpaired) electrons. The smallest absolute Gasteiger partial charge is 0.164 e. The van der Waals surface area contributed by atoms with Crippen LogP contribution in [0.4, 0.5) is 0 Å². The number of nitrogens with zero attached hydrogens (tertiary/aromatic N) is 4. The van der Waals surface area contributed by atoms with Crippen molar-refractivity contribution in [2.75, 3.05) is 0 Å². The van der Waals surface area contributed by atoms with E-state index in [1.165, 1.54) is 65.0 Å². The lowest BCUT2D eigenvalue weighted by Gasteiger charge is -2.50. The molecule has 2 aliphatic carbocycles. The van der Waals surface area contributed by atoms with Crippen molar-refractivity contribution < 1.29 is 0 Å². The maximum Gasteiger partial charge on any atom is 0.164 e. The summed E-state index contributed by atoms with van der Waals surface area (Å²) in [6.07, 6.45) is 6.71. The van der Waals surface area contributed by atoms with E-state index in [1.54, 1.807) is 0 Å². The van der Waals surface area contributed by atoms with Gasteiger partial charge < -0.3 is 0 Å². The molecule has 9 rings (SSSR count). The molecule has 0 N–H and O–H groups in total. The summed E-state index contributed by atoms with van der Waals surface area (Å²) in [6, 6.07) is 46.9. The number of hydrogen-bond donors (Lipinski definition) is 0. The third kappa shape index (κ3) is 5.68. The summed E-state index contributed by atoms with van der Waals surface area (Å²) in [5, 5.41) is 14.1. The van der Waals surface area contributed by atoms with Crippen LogP contribution >= 0.6 is 0 Å². The zero-order valence-electron chi connectivity index (χ0n) is 29.2. The van der Waals surface area contributed by atoms with Gasteiger partial charge in [0.2, 0.25) is 0 Å². The van der Waals surface area contributed by atoms with Crippen LogP contribution < -0.4 is 0 Å². The fourth-order valence-corrected chi connectivity index (χ4v) is 9.68. The number of nitriles is 1. The molecule has 1 unspecified atom stereocenters. The molecule has 1 aromatic heterocycles. The third-order valence-corrected chi connectivity index (χ3v) is 11.5. The van der Waals surface area contributed by atoms with Gasteiger partial charge in [-0.15, -0.1) is 0 Å². The lowest BCUT2D eigenvalue weighted by molar-refractivity contribution is 0.0780. The van der Waals surface area contributed by atoms with E-state index < -0.39 is 0 Å². The van der Waals surface area contributed by atoms with E-state index in [-0.39, 0.29) is 0 Å². The Labute approximate surface area is 299 Å². The summed E-state index contributed by atoms with van der Waals surface area (Å²) in [5.74, 6) is 4.24. The first-order chi connectivity index (χ1) is 25.0. The zero-order valence-corrected chi connectivity index (χ0v) is 29.2. The van der Waals surface area contributed by atoms with Gasteiger partial charge in [0, 0.05) is 16.7 Å². The summed E-state index contributed by atoms with van der Waals surface area (Å²) in [7, 11) is 0. The van der Waals surface area contributed by atoms with E-state index in [4.69, 9.17) is 15.0 Å². The van der Waals surface area contributed by atoms with E-state index in [2.05, 4.69) is 92.7 Å². The molecule has 4 atom stereocenters. The van der Waals surface area contributed by atoms with Crippen molar-refractivity contribution in [2.45, 2.75) is 51.4 Å². The molecular formula is C47H40N4. The monoisotopic (exact) mass is 660 g/mol. The van der Waals surface area contributed by atoms with E-state index in [0.29, 0.717) is 28.5 Å². The van der Waals surface area contributed by atoms with Crippen LogP contribution in [0.2, 0.25) is 0 Å². The van der Waals surface area contributed by atoms with Crippen molar-refractivity contribution in [3.63, 3.8) is 0 Å². The summed E-state index contributed by atoms with van der Waals surface area (Å²) in [6.45, 7) is 4.93. The summed E-state index contributed by atoms with van der Waals surface area (Å²) in [4.78, 5) is 15.1. The number of rotatable bonds is 5. The van der Waals surface area contributed by atoms with E-state index in [9.17, 15) is 5.26 Å². The van der Waals surface area contributed by atoms with Gasteiger partial charge in [-0.05, 0) is 124 Å². The fraction of sp³-hybridized carbons (Fsp3) is 0.234. The average molecular weight is 661 g/mol. The average Bonchev–Trinajstić information content (AvgIpc) is 3.16. The van der Waals surface area contributed by atoms with E-state index >= 15 is 0 Å². The van der Waals surface area contributed by atoms with Crippen LogP contribution in [0.3, 0.4) is 0 Å². The number of hydrogen-bond acceptors (Lipinski definition) is 4. The Morgan fingerprint density at radius 3 is 1.88 bits per heavy atom. The maximum atomic E-state index is 9.40. The highest BCUT2D eigenvalue weighted by Gasteiger charge is 2.45. The highest BCUT2D eigenvalue weighted by molar-refractivity contribution is 6.15. The molecule has 2 fully saturated rings. The second kappa shape index (κ2) is 12.6. The molecule has 1 heterocycles. The molecule has 248 valence electrons. The normalized spacial score (nSPS) is 21.4. The predicted octanol–water partition coefficient (Wildman–Crippen LogP) is 11.8. The van der Waals surface area contributed by atoms with Crippen LogP contribution in [-0.4, -0.2) is 15.0 Å². The Morgan fingerprint density at radius 2 is 1.18 bits per heavy atom. The molecule has 2 bridgehead atoms. The predicted molar refractivity (Wildman–Crippen MR) is 208 cm³/mol. The highest BCUT2D eigenvalue weighted by Crippen LogP contribution is 2.54. The zero-order chi connectivity index (χ0) is 34.5. The Bertz CT molecular complexity index is 2420. The van der Waals surface area contributed by atoms with E-state index in [0.717, 1.165) is 39.8 Å². The van der Waals surface area contributed by atoms with Crippen molar-refractivity contribution in [3.05, 3.63) is 139 Å². The minimum absolute atomic E-state index is 0.300. The van der Waals surface area contributed by atoms with Crippen molar-refractivity contribution in [2.24, 2.45) is 17.8 Å². The van der Waals surface area contributed by atoms with E-state index in [1.807, 2.05) is 54.6 Å². The SMILES string of the molecule is C[C@@H]1C[C@@H]2C[C@H](C)CC(c3ccc(-c4c5ccccc5cc5c(-c6nc(-c7ccccc7)nc(-c7ccc(C#N)cc7)n6)cccc45)cc3)(C1)C2. The quantitative estimate of drug-likeness (QED) is 0.172. The first kappa shape index (κ1) is 31.3. The molecule has 0 aliphatic heterocycles. The highest BCUT2D eigenvalue weighted by atomic mass is 15.0. The second-order valence-corrected chi connectivity index (χ2v) is 15.3. The standard InChI is InChI=1S/C47H40N4/c1-30-23-33-24-31(2)27-47(26-30,28-33)38-21-19-34(20-22-38)43-39-12-7-6-11-37(39)25-42-40(43)13-8-14-41(42)46-50-44(35-9-4-3-5-10-35)49-45(51-46)36-17-15-32(29-48)16-18-36/h3-22,25,30-31,33H,23-24,26-28H2,1-2H3/t30-,31+,33-,47?. The molecule has 7 aromatic rings. The van der Waals surface area contributed by atoms with Gasteiger partial charge in [-0.3, -0.25) is 0 Å². The lowest BCUT2D eigenvalue weighted by atomic mass is 9.54. The minimum atomic E-state index is 0.300. The first-order valence-electron chi connectivity index (χ1n) is 18.3. The van der Waals surface area contributed by atoms with Crippen LogP contribution in [0.15, 0.2) is 127 Å². The molecule has 0 spiro atoms. The Hall–Kier alpha value is -5.66. The molecular weight excluding hydrogens is 621 g/mol. The van der Waals surface area contributed by atoms with Gasteiger partial charge in [0.1, 0.15) is 0 Å². The summed E-state index contributed by atoms with van der Waals surface area (Å²) in [5.41, 5.74) is 7.62. The third-order valence-electron chi connectivity index (χ3n) is 11.5. The molecule has 0 saturated heterocycles. The molecule has 4 heteroatoms. The van der Waals surface area contributed by atoms with Crippen LogP contribution in [0, 0.1) is 29.1 Å². The number of fused-ring (bicyclic) bond motifs is 4. The van der Waals surface area contributed by atoms with Crippen molar-refractivity contribution in [1.82, 2.24) is 15.0 Å². The number of benzene rings is 6. The topological polar surface area (TPSA) is 62.5 Å². The Kier molecular flexibility index (Phi) is 7.73. The van der Waals surface area contributed by atoms with Crippen LogP contribution in [0.5, 0.6) is 0 Å². The van der Waals surface area contributed by atoms with Gasteiger partial charge in [-0.25, -0.2) is 15.0 Å². The molecule has 2 aliphatic rings. The van der Waals surface area contributed by atoms with Crippen LogP contribution in [0.25, 0.3) is 66.8 Å². The Morgan fingerprint density at radius 1 is 0.569 bits per heavy atom. The molecule has 6 aromatic carbocycles. The minimum Gasteiger partial charge on any atom is -0.208 e. The molecule has 4 nitrogen and oxygen atoms in total. The van der Waals surface area contributed by atoms with Gasteiger partial charge in [-0.2, -0.15) is 5.26 Å². The van der Waals surface area contributed by atoms with Crippen molar-refractivity contribution in [3.8, 4) is 51.4 Å². The van der Waals surface area contributed by atoms with Gasteiger partial charge in [0.25, 0.3) is 0 Å². The largest absolute Gasteiger partial charge is 0.208 e. The molecule has 0 amide bonds. The van der Waals surface area contributed by atoms with Gasteiger partial charge in [0.05, 0.1) is 11.6 Å². The Balaban J connectivity index is 1.21. The molecule has 51 heavy (non-hydrogen) atoms. The summed E-state index contributed by atoms with van der Waals surface area (Å²) < 4.78 is 0. The fourth-order valence-electron chi connectivity index (χ4n) is 9.68. The summed E-state index contributed by atoms with van der Waals surface area (Å²) >= 11 is 0. The van der Waals surface area contributed by atoms with Gasteiger partial charge in [-0.1, -0.05) is 111 Å². The van der Waals surface area contributed by atoms with Crippen LogP contribution in [0.1, 0.15) is 57.1 Å². The maximum absolute atomic E-state index is 9.40. The number of aromatic nitrogens is 3. The molecule has 2 saturated carbocycles.